The number of halogens is 2. The van der Waals surface area contributed by atoms with Gasteiger partial charge in [0.2, 0.25) is 0 Å². The number of anilines is 1. The first-order chi connectivity index (χ1) is 9.83. The molecule has 0 aromatic heterocycles. The molecule has 0 atom stereocenters. The van der Waals surface area contributed by atoms with Crippen molar-refractivity contribution < 1.29 is 17.2 Å². The molecular formula is C14H14F2N2O2S. The molecule has 4 nitrogen and oxygen atoms in total. The second kappa shape index (κ2) is 5.79. The molecule has 3 N–H and O–H groups in total. The maximum atomic E-state index is 13.1. The Balaban J connectivity index is 2.35. The van der Waals surface area contributed by atoms with Crippen LogP contribution in [0.5, 0.6) is 0 Å². The van der Waals surface area contributed by atoms with Crippen molar-refractivity contribution in [1.29, 1.82) is 0 Å². The summed E-state index contributed by atoms with van der Waals surface area (Å²) in [6.45, 7) is 2.03. The fourth-order valence-electron chi connectivity index (χ4n) is 1.81. The van der Waals surface area contributed by atoms with Gasteiger partial charge in [-0.1, -0.05) is 6.07 Å². The third-order valence-electron chi connectivity index (χ3n) is 3.02. The molecule has 0 aliphatic heterocycles. The van der Waals surface area contributed by atoms with Gasteiger partial charge in [-0.2, -0.15) is 0 Å². The van der Waals surface area contributed by atoms with E-state index >= 15 is 0 Å². The van der Waals surface area contributed by atoms with Crippen LogP contribution in [0.2, 0.25) is 0 Å². The molecule has 2 rings (SSSR count). The first-order valence-electron chi connectivity index (χ1n) is 6.11. The normalized spacial score (nSPS) is 11.4. The quantitative estimate of drug-likeness (QED) is 0.911. The first kappa shape index (κ1) is 15.4. The predicted octanol–water partition coefficient (Wildman–Crippen LogP) is 2.53. The highest BCUT2D eigenvalue weighted by Crippen LogP contribution is 2.20. The van der Waals surface area contributed by atoms with Gasteiger partial charge in [0.05, 0.1) is 10.6 Å². The number of nitrogens with two attached hydrogens (primary N) is 1. The zero-order valence-electron chi connectivity index (χ0n) is 11.2. The van der Waals surface area contributed by atoms with E-state index in [0.717, 1.165) is 23.8 Å². The van der Waals surface area contributed by atoms with Crippen LogP contribution in [0.4, 0.5) is 14.5 Å². The molecule has 0 saturated carbocycles. The van der Waals surface area contributed by atoms with Gasteiger partial charge in [0.1, 0.15) is 0 Å². The van der Waals surface area contributed by atoms with Crippen LogP contribution in [0.15, 0.2) is 41.3 Å². The van der Waals surface area contributed by atoms with Crippen molar-refractivity contribution in [1.82, 2.24) is 0 Å². The Bertz CT molecular complexity index is 777. The number of hydrogen-bond acceptors (Lipinski definition) is 3. The number of benzene rings is 2. The third-order valence-corrected chi connectivity index (χ3v) is 4.40. The van der Waals surface area contributed by atoms with E-state index in [0.29, 0.717) is 5.56 Å². The molecule has 2 aromatic carbocycles. The molecule has 0 radical (unpaired) electrons. The van der Waals surface area contributed by atoms with E-state index in [-0.39, 0.29) is 17.1 Å². The van der Waals surface area contributed by atoms with E-state index in [9.17, 15) is 17.2 Å². The number of aryl methyl sites for hydroxylation is 1. The van der Waals surface area contributed by atoms with Crippen LogP contribution in [0.1, 0.15) is 11.1 Å². The van der Waals surface area contributed by atoms with Crippen LogP contribution < -0.4 is 10.5 Å². The minimum absolute atomic E-state index is 0.0123. The maximum absolute atomic E-state index is 13.1. The molecule has 0 aliphatic rings. The number of rotatable bonds is 4. The summed E-state index contributed by atoms with van der Waals surface area (Å²) in [5.74, 6) is -2.17. The highest BCUT2D eigenvalue weighted by molar-refractivity contribution is 7.92. The van der Waals surface area contributed by atoms with Gasteiger partial charge in [-0.25, -0.2) is 17.2 Å². The van der Waals surface area contributed by atoms with Crippen LogP contribution in [0, 0.1) is 18.6 Å². The summed E-state index contributed by atoms with van der Waals surface area (Å²) in [4.78, 5) is 0.0123. The topological polar surface area (TPSA) is 72.2 Å². The Morgan fingerprint density at radius 3 is 2.43 bits per heavy atom. The molecule has 2 aromatic rings. The van der Waals surface area contributed by atoms with E-state index in [2.05, 4.69) is 4.72 Å². The van der Waals surface area contributed by atoms with E-state index in [1.807, 2.05) is 6.92 Å². The predicted molar refractivity (Wildman–Crippen MR) is 76.2 cm³/mol. The number of sulfonamides is 1. The Kier molecular flexibility index (Phi) is 4.24. The summed E-state index contributed by atoms with van der Waals surface area (Å²) in [6, 6.07) is 7.31. The van der Waals surface area contributed by atoms with Crippen molar-refractivity contribution in [3.8, 4) is 0 Å². The zero-order valence-corrected chi connectivity index (χ0v) is 12.0. The highest BCUT2D eigenvalue weighted by atomic mass is 32.2. The van der Waals surface area contributed by atoms with Crippen molar-refractivity contribution in [2.45, 2.75) is 18.4 Å². The number of nitrogens with one attached hydrogen (secondary N) is 1. The van der Waals surface area contributed by atoms with Crippen molar-refractivity contribution in [3.63, 3.8) is 0 Å². The van der Waals surface area contributed by atoms with E-state index in [1.54, 1.807) is 6.07 Å². The summed E-state index contributed by atoms with van der Waals surface area (Å²) in [7, 11) is -3.89. The average Bonchev–Trinajstić information content (AvgIpc) is 2.43. The lowest BCUT2D eigenvalue weighted by Gasteiger charge is -2.10. The molecule has 7 heteroatoms. The van der Waals surface area contributed by atoms with Crippen LogP contribution in [-0.4, -0.2) is 8.42 Å². The minimum Gasteiger partial charge on any atom is -0.326 e. The SMILES string of the molecule is Cc1ccc(S(=O)(=O)Nc2ccc(F)c(F)c2)cc1CN. The van der Waals surface area contributed by atoms with Crippen LogP contribution in [0.25, 0.3) is 0 Å². The summed E-state index contributed by atoms with van der Waals surface area (Å²) in [5, 5.41) is 0. The van der Waals surface area contributed by atoms with E-state index in [1.165, 1.54) is 12.1 Å². The highest BCUT2D eigenvalue weighted by Gasteiger charge is 2.16. The fourth-order valence-corrected chi connectivity index (χ4v) is 2.91. The number of hydrogen-bond donors (Lipinski definition) is 2. The van der Waals surface area contributed by atoms with Crippen molar-refractivity contribution in [3.05, 3.63) is 59.2 Å². The van der Waals surface area contributed by atoms with E-state index < -0.39 is 21.7 Å². The summed E-state index contributed by atoms with van der Waals surface area (Å²) in [6.07, 6.45) is 0. The molecule has 0 saturated heterocycles. The molecule has 21 heavy (non-hydrogen) atoms. The summed E-state index contributed by atoms with van der Waals surface area (Å²) >= 11 is 0. The maximum Gasteiger partial charge on any atom is 0.261 e. The van der Waals surface area contributed by atoms with Crippen LogP contribution in [0.3, 0.4) is 0 Å². The van der Waals surface area contributed by atoms with Gasteiger partial charge in [-0.15, -0.1) is 0 Å². The second-order valence-corrected chi connectivity index (χ2v) is 6.21. The lowest BCUT2D eigenvalue weighted by molar-refractivity contribution is 0.509. The average molecular weight is 312 g/mol. The standard InChI is InChI=1S/C14H14F2N2O2S/c1-9-2-4-12(6-10(9)8-17)21(19,20)18-11-3-5-13(15)14(16)7-11/h2-7,18H,8,17H2,1H3. The Hall–Kier alpha value is -1.99. The molecule has 0 fully saturated rings. The Morgan fingerprint density at radius 2 is 1.81 bits per heavy atom. The van der Waals surface area contributed by atoms with Gasteiger partial charge in [-0.3, -0.25) is 4.72 Å². The third kappa shape index (κ3) is 3.37. The molecular weight excluding hydrogens is 298 g/mol. The van der Waals surface area contributed by atoms with Crippen LogP contribution >= 0.6 is 0 Å². The lowest BCUT2D eigenvalue weighted by Crippen LogP contribution is -2.14. The largest absolute Gasteiger partial charge is 0.326 e. The summed E-state index contributed by atoms with van der Waals surface area (Å²) < 4.78 is 52.6. The first-order valence-corrected chi connectivity index (χ1v) is 7.59. The van der Waals surface area contributed by atoms with Crippen molar-refractivity contribution in [2.75, 3.05) is 4.72 Å². The van der Waals surface area contributed by atoms with Gasteiger partial charge in [0, 0.05) is 12.6 Å². The fraction of sp³-hybridized carbons (Fsp3) is 0.143. The van der Waals surface area contributed by atoms with Crippen molar-refractivity contribution >= 4 is 15.7 Å². The van der Waals surface area contributed by atoms with Gasteiger partial charge in [0.15, 0.2) is 11.6 Å². The Labute approximate surface area is 121 Å². The molecule has 0 bridgehead atoms. The summed E-state index contributed by atoms with van der Waals surface area (Å²) in [5.41, 5.74) is 7.07. The lowest BCUT2D eigenvalue weighted by atomic mass is 10.1. The minimum atomic E-state index is -3.89. The van der Waals surface area contributed by atoms with Gasteiger partial charge >= 0.3 is 0 Å². The molecule has 0 unspecified atom stereocenters. The monoisotopic (exact) mass is 312 g/mol. The Morgan fingerprint density at radius 1 is 1.10 bits per heavy atom. The smallest absolute Gasteiger partial charge is 0.261 e. The molecule has 112 valence electrons. The van der Waals surface area contributed by atoms with Gasteiger partial charge in [0.25, 0.3) is 10.0 Å². The molecule has 0 heterocycles. The molecule has 0 spiro atoms. The van der Waals surface area contributed by atoms with E-state index in [4.69, 9.17) is 5.73 Å². The zero-order chi connectivity index (χ0) is 15.6. The second-order valence-electron chi connectivity index (χ2n) is 4.53. The molecule has 0 amide bonds. The van der Waals surface area contributed by atoms with Gasteiger partial charge < -0.3 is 5.73 Å². The van der Waals surface area contributed by atoms with Crippen molar-refractivity contribution in [2.24, 2.45) is 5.73 Å². The molecule has 0 aliphatic carbocycles. The van der Waals surface area contributed by atoms with Gasteiger partial charge in [-0.05, 0) is 42.3 Å². The van der Waals surface area contributed by atoms with Crippen LogP contribution in [-0.2, 0) is 16.6 Å².